The third-order valence-electron chi connectivity index (χ3n) is 3.79. The van der Waals surface area contributed by atoms with Gasteiger partial charge in [0.05, 0.1) is 11.1 Å². The van der Waals surface area contributed by atoms with Crippen LogP contribution in [0.15, 0.2) is 33.9 Å². The normalized spacial score (nSPS) is 17.2. The lowest BCUT2D eigenvalue weighted by Crippen LogP contribution is -2.36. The molecule has 0 aliphatic heterocycles. The number of nitrogens with zero attached hydrogens (tertiary/aromatic N) is 1. The quantitative estimate of drug-likeness (QED) is 0.687. The number of hydrogen-bond donors (Lipinski definition) is 2. The lowest BCUT2D eigenvalue weighted by molar-refractivity contribution is -0.118. The average Bonchev–Trinajstić information content (AvgIpc) is 2.44. The third-order valence-corrected chi connectivity index (χ3v) is 4.45. The summed E-state index contributed by atoms with van der Waals surface area (Å²) >= 11 is 3.21. The fraction of sp³-hybridized carbons (Fsp3) is 0.353. The number of nitriles is 1. The molecule has 25 heavy (non-hydrogen) atoms. The summed E-state index contributed by atoms with van der Waals surface area (Å²) in [4.78, 5) is 12.3. The van der Waals surface area contributed by atoms with Gasteiger partial charge in [0, 0.05) is 22.3 Å². The number of nitrogens with one attached hydrogen (secondary N) is 2. The summed E-state index contributed by atoms with van der Waals surface area (Å²) in [6.07, 6.45) is -4.75. The van der Waals surface area contributed by atoms with Crippen LogP contribution in [0.3, 0.4) is 0 Å². The van der Waals surface area contributed by atoms with Crippen LogP contribution in [0.2, 0.25) is 0 Å². The number of benzene rings is 1. The number of anilines is 1. The molecule has 0 amide bonds. The molecule has 1 aromatic carbocycles. The fourth-order valence-corrected chi connectivity index (χ4v) is 3.18. The topological polar surface area (TPSA) is 76.7 Å². The number of alkyl halides is 3. The largest absolute Gasteiger partial charge is 0.433 e. The lowest BCUT2D eigenvalue weighted by Gasteiger charge is -2.33. The molecule has 4 nitrogen and oxygen atoms in total. The zero-order chi connectivity index (χ0) is 19.0. The summed E-state index contributed by atoms with van der Waals surface area (Å²) in [6.45, 7) is 3.57. The summed E-state index contributed by atoms with van der Waals surface area (Å²) in [5, 5.41) is 19.2. The monoisotopic (exact) mass is 413 g/mol. The van der Waals surface area contributed by atoms with Gasteiger partial charge in [-0.05, 0) is 46.0 Å². The standard InChI is InChI=1S/C17H15BrF3N3O/c1-16(2)6-12(14(13(25)7-16)15(23)17(19,20)21)24-10-4-3-9(8-22)11(18)5-10/h3-5,23-24H,6-7H2,1-2H3. The van der Waals surface area contributed by atoms with E-state index in [0.717, 1.165) is 0 Å². The molecule has 0 saturated heterocycles. The number of allylic oxidation sites excluding steroid dienone is 2. The van der Waals surface area contributed by atoms with Gasteiger partial charge in [-0.15, -0.1) is 0 Å². The van der Waals surface area contributed by atoms with E-state index in [1.54, 1.807) is 19.9 Å². The Morgan fingerprint density at radius 3 is 2.52 bits per heavy atom. The minimum atomic E-state index is -4.90. The first-order chi connectivity index (χ1) is 11.4. The average molecular weight is 414 g/mol. The minimum absolute atomic E-state index is 0.0525. The predicted octanol–water partition coefficient (Wildman–Crippen LogP) is 4.96. The van der Waals surface area contributed by atoms with Crippen molar-refractivity contribution in [3.63, 3.8) is 0 Å². The summed E-state index contributed by atoms with van der Waals surface area (Å²) in [7, 11) is 0. The van der Waals surface area contributed by atoms with Gasteiger partial charge >= 0.3 is 6.18 Å². The van der Waals surface area contributed by atoms with Crippen molar-refractivity contribution in [2.24, 2.45) is 5.41 Å². The van der Waals surface area contributed by atoms with E-state index in [1.165, 1.54) is 12.1 Å². The Labute approximate surface area is 151 Å². The molecule has 1 aliphatic rings. The van der Waals surface area contributed by atoms with E-state index in [4.69, 9.17) is 10.7 Å². The Hall–Kier alpha value is -2.14. The summed E-state index contributed by atoms with van der Waals surface area (Å²) in [6, 6.07) is 6.57. The van der Waals surface area contributed by atoms with E-state index in [2.05, 4.69) is 21.2 Å². The number of hydrogen-bond acceptors (Lipinski definition) is 4. The molecule has 2 rings (SSSR count). The van der Waals surface area contributed by atoms with Gasteiger partial charge in [0.1, 0.15) is 11.8 Å². The molecule has 0 saturated carbocycles. The van der Waals surface area contributed by atoms with Gasteiger partial charge in [-0.2, -0.15) is 18.4 Å². The van der Waals surface area contributed by atoms with Crippen molar-refractivity contribution in [3.8, 4) is 6.07 Å². The minimum Gasteiger partial charge on any atom is -0.358 e. The molecule has 1 aromatic rings. The fourth-order valence-electron chi connectivity index (χ4n) is 2.72. The van der Waals surface area contributed by atoms with Crippen molar-refractivity contribution < 1.29 is 18.0 Å². The van der Waals surface area contributed by atoms with Crippen LogP contribution in [0, 0.1) is 22.2 Å². The van der Waals surface area contributed by atoms with Crippen LogP contribution in [-0.4, -0.2) is 17.7 Å². The number of ketones is 1. The van der Waals surface area contributed by atoms with Gasteiger partial charge in [-0.3, -0.25) is 10.2 Å². The molecule has 0 bridgehead atoms. The summed E-state index contributed by atoms with van der Waals surface area (Å²) < 4.78 is 39.5. The highest BCUT2D eigenvalue weighted by Gasteiger charge is 2.44. The molecule has 0 radical (unpaired) electrons. The smallest absolute Gasteiger partial charge is 0.358 e. The Kier molecular flexibility index (Phi) is 5.09. The Bertz CT molecular complexity index is 819. The molecule has 0 spiro atoms. The van der Waals surface area contributed by atoms with Gasteiger partial charge in [-0.1, -0.05) is 13.8 Å². The first-order valence-electron chi connectivity index (χ1n) is 7.34. The van der Waals surface area contributed by atoms with Crippen LogP contribution in [0.25, 0.3) is 0 Å². The molecular weight excluding hydrogens is 399 g/mol. The van der Waals surface area contributed by atoms with Gasteiger partial charge in [-0.25, -0.2) is 0 Å². The zero-order valence-electron chi connectivity index (χ0n) is 13.5. The van der Waals surface area contributed by atoms with Gasteiger partial charge in [0.2, 0.25) is 0 Å². The predicted molar refractivity (Wildman–Crippen MR) is 91.3 cm³/mol. The van der Waals surface area contributed by atoms with E-state index in [1.807, 2.05) is 6.07 Å². The molecule has 0 fully saturated rings. The van der Waals surface area contributed by atoms with Crippen LogP contribution in [0.5, 0.6) is 0 Å². The van der Waals surface area contributed by atoms with Gasteiger partial charge < -0.3 is 5.32 Å². The van der Waals surface area contributed by atoms with Gasteiger partial charge in [0.15, 0.2) is 5.78 Å². The molecule has 0 atom stereocenters. The maximum atomic E-state index is 13.0. The summed E-state index contributed by atoms with van der Waals surface area (Å²) in [5.74, 6) is -0.700. The number of carbonyl (C=O) groups excluding carboxylic acids is 1. The number of halogens is 4. The number of rotatable bonds is 3. The molecular formula is C17H15BrF3N3O. The first-order valence-corrected chi connectivity index (χ1v) is 8.13. The second kappa shape index (κ2) is 6.64. The second-order valence-electron chi connectivity index (χ2n) is 6.60. The van der Waals surface area contributed by atoms with Crippen molar-refractivity contribution in [1.29, 1.82) is 10.7 Å². The van der Waals surface area contributed by atoms with Crippen LogP contribution < -0.4 is 5.32 Å². The van der Waals surface area contributed by atoms with Crippen molar-refractivity contribution in [1.82, 2.24) is 0 Å². The highest BCUT2D eigenvalue weighted by molar-refractivity contribution is 9.10. The molecule has 0 heterocycles. The van der Waals surface area contributed by atoms with Crippen LogP contribution in [0.4, 0.5) is 18.9 Å². The second-order valence-corrected chi connectivity index (χ2v) is 7.45. The maximum absolute atomic E-state index is 13.0. The van der Waals surface area contributed by atoms with Crippen LogP contribution in [-0.2, 0) is 4.79 Å². The molecule has 132 valence electrons. The lowest BCUT2D eigenvalue weighted by atomic mass is 9.74. The Morgan fingerprint density at radius 1 is 1.36 bits per heavy atom. The van der Waals surface area contributed by atoms with Crippen LogP contribution >= 0.6 is 15.9 Å². The van der Waals surface area contributed by atoms with E-state index in [0.29, 0.717) is 15.7 Å². The number of Topliss-reactive ketones (excluding diaryl/α,β-unsaturated/α-hetero) is 1. The number of carbonyl (C=O) groups is 1. The third kappa shape index (κ3) is 4.28. The summed E-state index contributed by atoms with van der Waals surface area (Å²) in [5.41, 5.74) is -1.89. The molecule has 8 heteroatoms. The SMILES string of the molecule is CC1(C)CC(=O)C(C(=N)C(F)(F)F)=C(Nc2ccc(C#N)c(Br)c2)C1. The van der Waals surface area contributed by atoms with Crippen molar-refractivity contribution >= 4 is 33.1 Å². The highest BCUT2D eigenvalue weighted by atomic mass is 79.9. The molecule has 0 aromatic heterocycles. The van der Waals surface area contributed by atoms with E-state index < -0.39 is 28.7 Å². The maximum Gasteiger partial charge on any atom is 0.433 e. The van der Waals surface area contributed by atoms with Crippen molar-refractivity contribution in [2.75, 3.05) is 5.32 Å². The first kappa shape index (κ1) is 19.2. The van der Waals surface area contributed by atoms with Crippen molar-refractivity contribution in [2.45, 2.75) is 32.9 Å². The molecule has 1 aliphatic carbocycles. The zero-order valence-corrected chi connectivity index (χ0v) is 15.1. The van der Waals surface area contributed by atoms with E-state index in [9.17, 15) is 18.0 Å². The van der Waals surface area contributed by atoms with Crippen molar-refractivity contribution in [3.05, 3.63) is 39.5 Å². The Balaban J connectivity index is 2.50. The molecule has 0 unspecified atom stereocenters. The van der Waals surface area contributed by atoms with E-state index >= 15 is 0 Å². The van der Waals surface area contributed by atoms with Crippen LogP contribution in [0.1, 0.15) is 32.3 Å². The molecule has 2 N–H and O–H groups in total. The highest BCUT2D eigenvalue weighted by Crippen LogP contribution is 2.39. The van der Waals surface area contributed by atoms with E-state index in [-0.39, 0.29) is 18.5 Å². The Morgan fingerprint density at radius 2 is 2.00 bits per heavy atom. The van der Waals surface area contributed by atoms with Gasteiger partial charge in [0.25, 0.3) is 0 Å².